The van der Waals surface area contributed by atoms with E-state index in [1.807, 2.05) is 13.0 Å². The van der Waals surface area contributed by atoms with Gasteiger partial charge in [-0.25, -0.2) is 13.1 Å². The van der Waals surface area contributed by atoms with Gasteiger partial charge in [0.15, 0.2) is 0 Å². The second-order valence-corrected chi connectivity index (χ2v) is 7.20. The van der Waals surface area contributed by atoms with Crippen molar-refractivity contribution < 1.29 is 8.42 Å². The van der Waals surface area contributed by atoms with Crippen LogP contribution in [0.3, 0.4) is 0 Å². The molecule has 1 atom stereocenters. The van der Waals surface area contributed by atoms with Gasteiger partial charge in [0.05, 0.1) is 4.90 Å². The smallest absolute Gasteiger partial charge is 0.240 e. The highest BCUT2D eigenvalue weighted by molar-refractivity contribution is 7.89. The van der Waals surface area contributed by atoms with E-state index in [2.05, 4.69) is 23.9 Å². The quantitative estimate of drug-likeness (QED) is 0.848. The molecule has 5 heteroatoms. The predicted molar refractivity (Wildman–Crippen MR) is 82.5 cm³/mol. The highest BCUT2D eigenvalue weighted by Gasteiger charge is 2.23. The molecule has 0 amide bonds. The lowest BCUT2D eigenvalue weighted by atomic mass is 9.96. The van der Waals surface area contributed by atoms with Crippen molar-refractivity contribution in [3.8, 4) is 0 Å². The van der Waals surface area contributed by atoms with Crippen molar-refractivity contribution in [1.82, 2.24) is 4.72 Å². The zero-order valence-electron chi connectivity index (χ0n) is 12.4. The molecule has 0 aliphatic carbocycles. The van der Waals surface area contributed by atoms with Crippen LogP contribution in [0.25, 0.3) is 0 Å². The maximum atomic E-state index is 12.4. The van der Waals surface area contributed by atoms with Gasteiger partial charge < -0.3 is 5.32 Å². The molecular formula is C15H24N2O2S. The van der Waals surface area contributed by atoms with Crippen molar-refractivity contribution in [3.63, 3.8) is 0 Å². The molecule has 0 saturated heterocycles. The SMILES string of the molecule is CCC(CC)C(C)NS(=O)(=O)c1ccc2c(c1)NCC2. The molecule has 0 bridgehead atoms. The van der Waals surface area contributed by atoms with Gasteiger partial charge in [-0.15, -0.1) is 0 Å². The fraction of sp³-hybridized carbons (Fsp3) is 0.600. The Hall–Kier alpha value is -1.07. The molecule has 1 aromatic carbocycles. The largest absolute Gasteiger partial charge is 0.384 e. The second kappa shape index (κ2) is 6.14. The van der Waals surface area contributed by atoms with E-state index in [1.54, 1.807) is 12.1 Å². The first kappa shape index (κ1) is 15.3. The second-order valence-electron chi connectivity index (χ2n) is 5.48. The fourth-order valence-electron chi connectivity index (χ4n) is 2.84. The number of benzene rings is 1. The standard InChI is InChI=1S/C15H24N2O2S/c1-4-12(5-2)11(3)17-20(18,19)14-7-6-13-8-9-16-15(13)10-14/h6-7,10-12,16-17H,4-5,8-9H2,1-3H3. The number of nitrogens with one attached hydrogen (secondary N) is 2. The van der Waals surface area contributed by atoms with E-state index in [0.717, 1.165) is 31.5 Å². The summed E-state index contributed by atoms with van der Waals surface area (Å²) in [5.41, 5.74) is 2.14. The summed E-state index contributed by atoms with van der Waals surface area (Å²) in [5, 5.41) is 3.22. The van der Waals surface area contributed by atoms with E-state index in [4.69, 9.17) is 0 Å². The van der Waals surface area contributed by atoms with Crippen LogP contribution in [0, 0.1) is 5.92 Å². The maximum Gasteiger partial charge on any atom is 0.240 e. The Labute approximate surface area is 122 Å². The minimum absolute atomic E-state index is 0.0452. The van der Waals surface area contributed by atoms with E-state index >= 15 is 0 Å². The fourth-order valence-corrected chi connectivity index (χ4v) is 4.18. The Morgan fingerprint density at radius 1 is 1.30 bits per heavy atom. The molecule has 112 valence electrons. The zero-order valence-corrected chi connectivity index (χ0v) is 13.3. The maximum absolute atomic E-state index is 12.4. The average Bonchev–Trinajstić information content (AvgIpc) is 2.86. The molecular weight excluding hydrogens is 272 g/mol. The summed E-state index contributed by atoms with van der Waals surface area (Å²) >= 11 is 0. The monoisotopic (exact) mass is 296 g/mol. The van der Waals surface area contributed by atoms with Crippen molar-refractivity contribution in [2.24, 2.45) is 5.92 Å². The van der Waals surface area contributed by atoms with E-state index in [-0.39, 0.29) is 6.04 Å². The Kier molecular flexibility index (Phi) is 4.70. The molecule has 1 heterocycles. The lowest BCUT2D eigenvalue weighted by Gasteiger charge is -2.22. The van der Waals surface area contributed by atoms with Crippen molar-refractivity contribution >= 4 is 15.7 Å². The van der Waals surface area contributed by atoms with Gasteiger partial charge in [-0.05, 0) is 37.0 Å². The molecule has 1 aromatic rings. The number of hydrogen-bond donors (Lipinski definition) is 2. The van der Waals surface area contributed by atoms with Gasteiger partial charge in [-0.2, -0.15) is 0 Å². The van der Waals surface area contributed by atoms with E-state index in [9.17, 15) is 8.42 Å². The summed E-state index contributed by atoms with van der Waals surface area (Å²) in [6, 6.07) is 5.31. The molecule has 1 aliphatic rings. The van der Waals surface area contributed by atoms with Gasteiger partial charge in [0.1, 0.15) is 0 Å². The number of hydrogen-bond acceptors (Lipinski definition) is 3. The summed E-state index contributed by atoms with van der Waals surface area (Å²) in [6.07, 6.45) is 2.92. The summed E-state index contributed by atoms with van der Waals surface area (Å²) in [4.78, 5) is 0.350. The van der Waals surface area contributed by atoms with Crippen LogP contribution in [0.5, 0.6) is 0 Å². The van der Waals surface area contributed by atoms with Gasteiger partial charge in [0.2, 0.25) is 10.0 Å². The molecule has 4 nitrogen and oxygen atoms in total. The van der Waals surface area contributed by atoms with E-state index in [1.165, 1.54) is 5.56 Å². The summed E-state index contributed by atoms with van der Waals surface area (Å²) in [6.45, 7) is 7.02. The van der Waals surface area contributed by atoms with Crippen LogP contribution in [0.15, 0.2) is 23.1 Å². The molecule has 2 N–H and O–H groups in total. The molecule has 0 aromatic heterocycles. The lowest BCUT2D eigenvalue weighted by Crippen LogP contribution is -2.37. The highest BCUT2D eigenvalue weighted by Crippen LogP contribution is 2.26. The summed E-state index contributed by atoms with van der Waals surface area (Å²) in [5.74, 6) is 0.373. The normalized spacial score (nSPS) is 16.0. The summed E-state index contributed by atoms with van der Waals surface area (Å²) in [7, 11) is -3.44. The van der Waals surface area contributed by atoms with Gasteiger partial charge >= 0.3 is 0 Å². The van der Waals surface area contributed by atoms with Crippen LogP contribution in [-0.2, 0) is 16.4 Å². The van der Waals surface area contributed by atoms with Crippen molar-refractivity contribution in [1.29, 1.82) is 0 Å². The van der Waals surface area contributed by atoms with Crippen LogP contribution >= 0.6 is 0 Å². The number of anilines is 1. The molecule has 0 radical (unpaired) electrons. The topological polar surface area (TPSA) is 58.2 Å². The van der Waals surface area contributed by atoms with Crippen molar-refractivity contribution in [2.75, 3.05) is 11.9 Å². The van der Waals surface area contributed by atoms with Gasteiger partial charge in [0, 0.05) is 18.3 Å². The van der Waals surface area contributed by atoms with Crippen LogP contribution in [0.4, 0.5) is 5.69 Å². The van der Waals surface area contributed by atoms with E-state index in [0.29, 0.717) is 10.8 Å². The van der Waals surface area contributed by atoms with Gasteiger partial charge in [0.25, 0.3) is 0 Å². The first-order chi connectivity index (χ1) is 9.47. The third-order valence-corrected chi connectivity index (χ3v) is 5.75. The highest BCUT2D eigenvalue weighted by atomic mass is 32.2. The van der Waals surface area contributed by atoms with Crippen LogP contribution in [0.2, 0.25) is 0 Å². The molecule has 2 rings (SSSR count). The lowest BCUT2D eigenvalue weighted by molar-refractivity contribution is 0.391. The molecule has 0 fully saturated rings. The third kappa shape index (κ3) is 3.15. The van der Waals surface area contributed by atoms with Gasteiger partial charge in [-0.1, -0.05) is 32.8 Å². The molecule has 1 aliphatic heterocycles. The molecule has 20 heavy (non-hydrogen) atoms. The Balaban J connectivity index is 2.18. The van der Waals surface area contributed by atoms with Crippen molar-refractivity contribution in [3.05, 3.63) is 23.8 Å². The van der Waals surface area contributed by atoms with Gasteiger partial charge in [-0.3, -0.25) is 0 Å². The number of fused-ring (bicyclic) bond motifs is 1. The third-order valence-electron chi connectivity index (χ3n) is 4.20. The number of rotatable bonds is 6. The molecule has 0 spiro atoms. The first-order valence-electron chi connectivity index (χ1n) is 7.37. The minimum Gasteiger partial charge on any atom is -0.384 e. The molecule has 1 unspecified atom stereocenters. The summed E-state index contributed by atoms with van der Waals surface area (Å²) < 4.78 is 27.7. The number of sulfonamides is 1. The predicted octanol–water partition coefficient (Wildman–Crippen LogP) is 2.76. The Morgan fingerprint density at radius 3 is 2.65 bits per heavy atom. The zero-order chi connectivity index (χ0) is 14.8. The van der Waals surface area contributed by atoms with Crippen LogP contribution in [0.1, 0.15) is 39.2 Å². The van der Waals surface area contributed by atoms with Crippen LogP contribution in [-0.4, -0.2) is 21.0 Å². The Bertz CT molecular complexity index is 565. The van der Waals surface area contributed by atoms with Crippen molar-refractivity contribution in [2.45, 2.75) is 51.0 Å². The Morgan fingerprint density at radius 2 is 2.00 bits per heavy atom. The average molecular weight is 296 g/mol. The van der Waals surface area contributed by atoms with E-state index < -0.39 is 10.0 Å². The minimum atomic E-state index is -3.44. The first-order valence-corrected chi connectivity index (χ1v) is 8.85. The van der Waals surface area contributed by atoms with Crippen LogP contribution < -0.4 is 10.0 Å². The molecule has 0 saturated carbocycles.